The molecule has 0 amide bonds. The number of hydrogen-bond donors (Lipinski definition) is 0. The highest BCUT2D eigenvalue weighted by Crippen LogP contribution is 2.30. The van der Waals surface area contributed by atoms with Crippen LogP contribution in [-0.4, -0.2) is 42.8 Å². The first-order chi connectivity index (χ1) is 13.9. The van der Waals surface area contributed by atoms with E-state index in [0.29, 0.717) is 19.6 Å². The summed E-state index contributed by atoms with van der Waals surface area (Å²) in [6.45, 7) is 8.83. The Balaban J connectivity index is 1.96. The summed E-state index contributed by atoms with van der Waals surface area (Å²) in [7, 11) is 0. The van der Waals surface area contributed by atoms with Crippen molar-refractivity contribution in [1.29, 1.82) is 0 Å². The number of esters is 1. The van der Waals surface area contributed by atoms with Crippen LogP contribution in [0, 0.1) is 0 Å². The van der Waals surface area contributed by atoms with Gasteiger partial charge in [-0.15, -0.1) is 0 Å². The Hall–Kier alpha value is -2.59. The Kier molecular flexibility index (Phi) is 7.10. The topological polar surface area (TPSA) is 38.8 Å². The van der Waals surface area contributed by atoms with Crippen LogP contribution < -0.4 is 0 Å². The summed E-state index contributed by atoms with van der Waals surface area (Å²) >= 11 is 0. The molecule has 4 heteroatoms. The molecule has 154 valence electrons. The van der Waals surface area contributed by atoms with Gasteiger partial charge in [-0.25, -0.2) is 0 Å². The van der Waals surface area contributed by atoms with Crippen LogP contribution in [0.25, 0.3) is 5.70 Å². The Morgan fingerprint density at radius 2 is 1.62 bits per heavy atom. The Morgan fingerprint density at radius 3 is 2.21 bits per heavy atom. The molecule has 0 N–H and O–H groups in total. The first kappa shape index (κ1) is 21.1. The molecule has 0 aliphatic carbocycles. The Labute approximate surface area is 174 Å². The normalized spacial score (nSPS) is 16.4. The molecule has 29 heavy (non-hydrogen) atoms. The molecule has 0 unspecified atom stereocenters. The largest absolute Gasteiger partial charge is 0.460 e. The molecule has 0 aromatic heterocycles. The first-order valence-corrected chi connectivity index (χ1v) is 10.3. The second kappa shape index (κ2) is 9.75. The third kappa shape index (κ3) is 6.47. The third-order valence-electron chi connectivity index (χ3n) is 4.81. The van der Waals surface area contributed by atoms with E-state index in [1.165, 1.54) is 0 Å². The van der Waals surface area contributed by atoms with Crippen molar-refractivity contribution in [1.82, 2.24) is 4.90 Å². The van der Waals surface area contributed by atoms with E-state index in [1.807, 2.05) is 45.0 Å². The van der Waals surface area contributed by atoms with Crippen LogP contribution in [0.5, 0.6) is 0 Å². The Bertz CT molecular complexity index is 803. The number of morpholine rings is 1. The van der Waals surface area contributed by atoms with Crippen molar-refractivity contribution >= 4 is 11.7 Å². The second-order valence-electron chi connectivity index (χ2n) is 8.33. The standard InChI is InChI=1S/C25H31NO3/c1-25(2,3)29-24(27)19-22(20-10-6-4-7-11-20)18-23(21-12-8-5-9-13-21)26-14-16-28-17-15-26/h4-13,18,22H,14-17,19H2,1-3H3/b23-18+/t22-/m1/s1. The third-order valence-corrected chi connectivity index (χ3v) is 4.81. The van der Waals surface area contributed by atoms with Crippen molar-refractivity contribution < 1.29 is 14.3 Å². The molecule has 2 aromatic rings. The van der Waals surface area contributed by atoms with E-state index in [0.717, 1.165) is 29.9 Å². The molecule has 4 nitrogen and oxygen atoms in total. The number of benzene rings is 2. The molecule has 2 aromatic carbocycles. The van der Waals surface area contributed by atoms with Crippen LogP contribution in [0.2, 0.25) is 0 Å². The van der Waals surface area contributed by atoms with Crippen molar-refractivity contribution in [2.24, 2.45) is 0 Å². The zero-order valence-electron chi connectivity index (χ0n) is 17.6. The SMILES string of the molecule is CC(C)(C)OC(=O)C[C@@H](/C=C(\c1ccccc1)N1CCOCC1)c1ccccc1. The van der Waals surface area contributed by atoms with Crippen molar-refractivity contribution in [2.45, 2.75) is 38.7 Å². The highest BCUT2D eigenvalue weighted by atomic mass is 16.6. The molecule has 1 atom stereocenters. The van der Waals surface area contributed by atoms with Gasteiger partial charge in [0.1, 0.15) is 5.60 Å². The summed E-state index contributed by atoms with van der Waals surface area (Å²) in [5.41, 5.74) is 2.92. The van der Waals surface area contributed by atoms with Gasteiger partial charge in [-0.1, -0.05) is 66.7 Å². The summed E-state index contributed by atoms with van der Waals surface area (Å²) in [6, 6.07) is 20.6. The smallest absolute Gasteiger partial charge is 0.307 e. The lowest BCUT2D eigenvalue weighted by Crippen LogP contribution is -2.35. The fraction of sp³-hybridized carbons (Fsp3) is 0.400. The molecule has 0 saturated carbocycles. The maximum absolute atomic E-state index is 12.7. The lowest BCUT2D eigenvalue weighted by atomic mass is 9.92. The Morgan fingerprint density at radius 1 is 1.03 bits per heavy atom. The number of carbonyl (C=O) groups is 1. The van der Waals surface area contributed by atoms with Crippen LogP contribution in [0.15, 0.2) is 66.7 Å². The average molecular weight is 394 g/mol. The maximum Gasteiger partial charge on any atom is 0.307 e. The fourth-order valence-electron chi connectivity index (χ4n) is 3.52. The van der Waals surface area contributed by atoms with Gasteiger partial charge >= 0.3 is 5.97 Å². The first-order valence-electron chi connectivity index (χ1n) is 10.3. The minimum atomic E-state index is -0.492. The number of carbonyl (C=O) groups excluding carboxylic acids is 1. The summed E-state index contributed by atoms with van der Waals surface area (Å²) in [6.07, 6.45) is 2.53. The van der Waals surface area contributed by atoms with E-state index in [2.05, 4.69) is 47.4 Å². The highest BCUT2D eigenvalue weighted by Gasteiger charge is 2.23. The number of ether oxygens (including phenoxy) is 2. The minimum Gasteiger partial charge on any atom is -0.460 e. The van der Waals surface area contributed by atoms with Gasteiger partial charge in [-0.2, -0.15) is 0 Å². The van der Waals surface area contributed by atoms with Gasteiger partial charge in [0, 0.05) is 24.7 Å². The van der Waals surface area contributed by atoms with Crippen LogP contribution in [0.1, 0.15) is 44.2 Å². The quantitative estimate of drug-likeness (QED) is 0.656. The lowest BCUT2D eigenvalue weighted by molar-refractivity contribution is -0.155. The predicted octanol–water partition coefficient (Wildman–Crippen LogP) is 4.88. The number of allylic oxidation sites excluding steroid dienone is 1. The molecule has 0 radical (unpaired) electrons. The van der Waals surface area contributed by atoms with Crippen LogP contribution >= 0.6 is 0 Å². The van der Waals surface area contributed by atoms with E-state index in [-0.39, 0.29) is 11.9 Å². The minimum absolute atomic E-state index is 0.0656. The van der Waals surface area contributed by atoms with E-state index in [1.54, 1.807) is 0 Å². The van der Waals surface area contributed by atoms with Gasteiger partial charge in [-0.3, -0.25) is 4.79 Å². The van der Waals surface area contributed by atoms with Gasteiger partial charge in [0.2, 0.25) is 0 Å². The second-order valence-corrected chi connectivity index (χ2v) is 8.33. The van der Waals surface area contributed by atoms with E-state index in [9.17, 15) is 4.79 Å². The number of hydrogen-bond acceptors (Lipinski definition) is 4. The summed E-state index contributed by atoms with van der Waals surface area (Å²) in [5.74, 6) is -0.249. The maximum atomic E-state index is 12.7. The molecule has 1 saturated heterocycles. The molecule has 1 heterocycles. The molecule has 1 aliphatic heterocycles. The van der Waals surface area contributed by atoms with Gasteiger partial charge in [0.15, 0.2) is 0 Å². The van der Waals surface area contributed by atoms with Gasteiger partial charge in [0.05, 0.1) is 19.6 Å². The van der Waals surface area contributed by atoms with Crippen molar-refractivity contribution in [3.05, 3.63) is 77.9 Å². The van der Waals surface area contributed by atoms with Crippen LogP contribution in [-0.2, 0) is 14.3 Å². The molecular weight excluding hydrogens is 362 g/mol. The van der Waals surface area contributed by atoms with Crippen LogP contribution in [0.4, 0.5) is 0 Å². The molecule has 0 bridgehead atoms. The number of nitrogens with zero attached hydrogens (tertiary/aromatic N) is 1. The fourth-order valence-corrected chi connectivity index (χ4v) is 3.52. The zero-order chi connectivity index (χ0) is 20.7. The van der Waals surface area contributed by atoms with Crippen molar-refractivity contribution in [2.75, 3.05) is 26.3 Å². The lowest BCUT2D eigenvalue weighted by Gasteiger charge is -2.32. The average Bonchev–Trinajstić information content (AvgIpc) is 2.71. The summed E-state index contributed by atoms with van der Waals surface area (Å²) in [4.78, 5) is 15.0. The van der Waals surface area contributed by atoms with Crippen molar-refractivity contribution in [3.63, 3.8) is 0 Å². The van der Waals surface area contributed by atoms with E-state index < -0.39 is 5.60 Å². The van der Waals surface area contributed by atoms with E-state index >= 15 is 0 Å². The molecular formula is C25H31NO3. The van der Waals surface area contributed by atoms with E-state index in [4.69, 9.17) is 9.47 Å². The van der Waals surface area contributed by atoms with Crippen molar-refractivity contribution in [3.8, 4) is 0 Å². The highest BCUT2D eigenvalue weighted by molar-refractivity contribution is 5.73. The number of rotatable bonds is 6. The van der Waals surface area contributed by atoms with Gasteiger partial charge in [-0.05, 0) is 31.9 Å². The zero-order valence-corrected chi connectivity index (χ0v) is 17.6. The van der Waals surface area contributed by atoms with Crippen LogP contribution in [0.3, 0.4) is 0 Å². The summed E-state index contributed by atoms with van der Waals surface area (Å²) < 4.78 is 11.2. The molecule has 0 spiro atoms. The summed E-state index contributed by atoms with van der Waals surface area (Å²) in [5, 5.41) is 0. The molecule has 1 fully saturated rings. The van der Waals surface area contributed by atoms with Gasteiger partial charge in [0.25, 0.3) is 0 Å². The molecule has 3 rings (SSSR count). The molecule has 1 aliphatic rings. The predicted molar refractivity (Wildman–Crippen MR) is 116 cm³/mol. The monoisotopic (exact) mass is 393 g/mol. The van der Waals surface area contributed by atoms with Gasteiger partial charge < -0.3 is 14.4 Å².